The average molecular weight is 427 g/mol. The zero-order chi connectivity index (χ0) is 20.2. The van der Waals surface area contributed by atoms with Crippen LogP contribution in [0.5, 0.6) is 0 Å². The van der Waals surface area contributed by atoms with Crippen LogP contribution in [0.4, 0.5) is 4.39 Å². The molecule has 0 spiro atoms. The Kier molecular flexibility index (Phi) is 6.49. The second kappa shape index (κ2) is 8.69. The van der Waals surface area contributed by atoms with Crippen LogP contribution in [0.15, 0.2) is 58.3 Å². The van der Waals surface area contributed by atoms with Crippen molar-refractivity contribution in [1.82, 2.24) is 9.03 Å². The molecule has 1 aliphatic heterocycles. The number of benzene rings is 2. The largest absolute Gasteiger partial charge is 0.243 e. The fourth-order valence-corrected chi connectivity index (χ4v) is 5.66. The zero-order valence-corrected chi connectivity index (χ0v) is 17.0. The van der Waals surface area contributed by atoms with Gasteiger partial charge in [0, 0.05) is 19.6 Å². The smallest absolute Gasteiger partial charge is 0.211 e. The van der Waals surface area contributed by atoms with E-state index in [1.807, 2.05) is 0 Å². The number of nitrogens with zero attached hydrogens (tertiary/aromatic N) is 1. The van der Waals surface area contributed by atoms with Gasteiger partial charge in [0.1, 0.15) is 5.82 Å². The van der Waals surface area contributed by atoms with Gasteiger partial charge in [-0.05, 0) is 61.2 Å². The third-order valence-corrected chi connectivity index (χ3v) is 8.10. The van der Waals surface area contributed by atoms with E-state index in [0.29, 0.717) is 19.5 Å². The van der Waals surface area contributed by atoms with E-state index < -0.39 is 25.9 Å². The molecule has 1 heterocycles. The first kappa shape index (κ1) is 20.9. The summed E-state index contributed by atoms with van der Waals surface area (Å²) in [6.45, 7) is 1.25. The highest BCUT2D eigenvalue weighted by molar-refractivity contribution is 7.89. The molecular formula is C19H23FN2O4S2. The highest BCUT2D eigenvalue weighted by Crippen LogP contribution is 2.21. The molecule has 2 aromatic rings. The van der Waals surface area contributed by atoms with Crippen LogP contribution in [0, 0.1) is 5.82 Å². The van der Waals surface area contributed by atoms with E-state index in [0.717, 1.165) is 37.0 Å². The van der Waals surface area contributed by atoms with Crippen molar-refractivity contribution in [2.24, 2.45) is 0 Å². The van der Waals surface area contributed by atoms with Gasteiger partial charge in [-0.2, -0.15) is 4.31 Å². The van der Waals surface area contributed by atoms with Crippen molar-refractivity contribution in [2.75, 3.05) is 19.6 Å². The van der Waals surface area contributed by atoms with Gasteiger partial charge in [-0.1, -0.05) is 18.6 Å². The first-order valence-electron chi connectivity index (χ1n) is 9.13. The molecule has 0 atom stereocenters. The van der Waals surface area contributed by atoms with Crippen molar-refractivity contribution in [1.29, 1.82) is 0 Å². The van der Waals surface area contributed by atoms with Crippen LogP contribution in [0.3, 0.4) is 0 Å². The monoisotopic (exact) mass is 426 g/mol. The molecular weight excluding hydrogens is 403 g/mol. The minimum absolute atomic E-state index is 0.00290. The third kappa shape index (κ3) is 4.96. The van der Waals surface area contributed by atoms with Crippen LogP contribution in [0.25, 0.3) is 0 Å². The van der Waals surface area contributed by atoms with E-state index in [1.165, 1.54) is 16.4 Å². The Hall–Kier alpha value is -1.81. The van der Waals surface area contributed by atoms with Gasteiger partial charge < -0.3 is 0 Å². The minimum Gasteiger partial charge on any atom is -0.211 e. The summed E-state index contributed by atoms with van der Waals surface area (Å²) in [6, 6.07) is 11.1. The van der Waals surface area contributed by atoms with Gasteiger partial charge in [-0.15, -0.1) is 0 Å². The molecule has 0 saturated carbocycles. The lowest BCUT2D eigenvalue weighted by molar-refractivity contribution is 0.346. The summed E-state index contributed by atoms with van der Waals surface area (Å²) in [5.41, 5.74) is 0.819. The van der Waals surface area contributed by atoms with Gasteiger partial charge in [0.15, 0.2) is 0 Å². The molecule has 1 N–H and O–H groups in total. The second-order valence-electron chi connectivity index (χ2n) is 6.71. The van der Waals surface area contributed by atoms with Crippen LogP contribution in [0.1, 0.15) is 24.8 Å². The lowest BCUT2D eigenvalue weighted by Gasteiger charge is -2.25. The Morgan fingerprint density at radius 1 is 0.821 bits per heavy atom. The molecule has 1 saturated heterocycles. The summed E-state index contributed by atoms with van der Waals surface area (Å²) in [5, 5.41) is 0. The molecule has 28 heavy (non-hydrogen) atoms. The molecule has 1 fully saturated rings. The standard InChI is InChI=1S/C19H23FN2O4S2/c20-17-6-10-18(11-7-17)27(23,24)21-13-12-16-4-8-19(9-5-16)28(25,26)22-14-2-1-3-15-22/h4-11,21H,1-3,12-15H2. The lowest BCUT2D eigenvalue weighted by Crippen LogP contribution is -2.35. The summed E-state index contributed by atoms with van der Waals surface area (Å²) < 4.78 is 66.5. The number of hydrogen-bond donors (Lipinski definition) is 1. The number of rotatable bonds is 7. The molecule has 0 aliphatic carbocycles. The van der Waals surface area contributed by atoms with Crippen molar-refractivity contribution in [3.8, 4) is 0 Å². The number of hydrogen-bond acceptors (Lipinski definition) is 4. The summed E-state index contributed by atoms with van der Waals surface area (Å²) in [4.78, 5) is 0.252. The quantitative estimate of drug-likeness (QED) is 0.737. The Morgan fingerprint density at radius 3 is 2.00 bits per heavy atom. The van der Waals surface area contributed by atoms with Gasteiger partial charge >= 0.3 is 0 Å². The molecule has 2 aromatic carbocycles. The summed E-state index contributed by atoms with van der Waals surface area (Å²) in [5.74, 6) is -0.501. The number of halogens is 1. The highest BCUT2D eigenvalue weighted by Gasteiger charge is 2.25. The van der Waals surface area contributed by atoms with Crippen LogP contribution in [-0.4, -0.2) is 40.8 Å². The Balaban J connectivity index is 1.59. The Labute approximate surface area is 165 Å². The molecule has 6 nitrogen and oxygen atoms in total. The molecule has 0 radical (unpaired) electrons. The van der Waals surface area contributed by atoms with Gasteiger partial charge in [0.25, 0.3) is 0 Å². The average Bonchev–Trinajstić information content (AvgIpc) is 2.69. The maximum atomic E-state index is 12.9. The molecule has 0 bridgehead atoms. The Morgan fingerprint density at radius 2 is 1.39 bits per heavy atom. The summed E-state index contributed by atoms with van der Waals surface area (Å²) in [7, 11) is -7.18. The molecule has 3 rings (SSSR count). The summed E-state index contributed by atoms with van der Waals surface area (Å²) >= 11 is 0. The molecule has 152 valence electrons. The maximum Gasteiger partial charge on any atom is 0.243 e. The van der Waals surface area contributed by atoms with Gasteiger partial charge in [0.05, 0.1) is 9.79 Å². The molecule has 0 unspecified atom stereocenters. The topological polar surface area (TPSA) is 83.5 Å². The van der Waals surface area contributed by atoms with Gasteiger partial charge in [0.2, 0.25) is 20.0 Å². The number of sulfonamides is 2. The Bertz CT molecular complexity index is 999. The van der Waals surface area contributed by atoms with E-state index >= 15 is 0 Å². The van der Waals surface area contributed by atoms with Crippen molar-refractivity contribution < 1.29 is 21.2 Å². The fraction of sp³-hybridized carbons (Fsp3) is 0.368. The second-order valence-corrected chi connectivity index (χ2v) is 10.4. The van der Waals surface area contributed by atoms with E-state index in [4.69, 9.17) is 0 Å². The SMILES string of the molecule is O=S(=O)(NCCc1ccc(S(=O)(=O)N2CCCCC2)cc1)c1ccc(F)cc1. The van der Waals surface area contributed by atoms with Crippen LogP contribution >= 0.6 is 0 Å². The molecule has 0 aromatic heterocycles. The van der Waals surface area contributed by atoms with Crippen LogP contribution in [0.2, 0.25) is 0 Å². The predicted octanol–water partition coefficient (Wildman–Crippen LogP) is 2.52. The number of piperidine rings is 1. The van der Waals surface area contributed by atoms with E-state index in [9.17, 15) is 21.2 Å². The minimum atomic E-state index is -3.71. The van der Waals surface area contributed by atoms with Crippen molar-refractivity contribution in [3.63, 3.8) is 0 Å². The highest BCUT2D eigenvalue weighted by atomic mass is 32.2. The van der Waals surface area contributed by atoms with Crippen molar-refractivity contribution >= 4 is 20.0 Å². The zero-order valence-electron chi connectivity index (χ0n) is 15.3. The summed E-state index contributed by atoms with van der Waals surface area (Å²) in [6.07, 6.45) is 3.22. The normalized spacial score (nSPS) is 16.2. The van der Waals surface area contributed by atoms with Crippen LogP contribution in [-0.2, 0) is 26.5 Å². The van der Waals surface area contributed by atoms with Gasteiger partial charge in [-0.3, -0.25) is 0 Å². The first-order valence-corrected chi connectivity index (χ1v) is 12.1. The van der Waals surface area contributed by atoms with Crippen molar-refractivity contribution in [2.45, 2.75) is 35.5 Å². The first-order chi connectivity index (χ1) is 13.3. The van der Waals surface area contributed by atoms with E-state index in [1.54, 1.807) is 24.3 Å². The van der Waals surface area contributed by atoms with Gasteiger partial charge in [-0.25, -0.2) is 25.9 Å². The molecule has 0 amide bonds. The molecule has 9 heteroatoms. The molecule has 1 aliphatic rings. The maximum absolute atomic E-state index is 12.9. The van der Waals surface area contributed by atoms with Crippen molar-refractivity contribution in [3.05, 3.63) is 59.9 Å². The van der Waals surface area contributed by atoms with E-state index in [2.05, 4.69) is 4.72 Å². The van der Waals surface area contributed by atoms with Crippen LogP contribution < -0.4 is 4.72 Å². The number of nitrogens with one attached hydrogen (secondary N) is 1. The fourth-order valence-electron chi connectivity index (χ4n) is 3.11. The predicted molar refractivity (Wildman–Crippen MR) is 104 cm³/mol. The third-order valence-electron chi connectivity index (χ3n) is 4.71. The van der Waals surface area contributed by atoms with E-state index in [-0.39, 0.29) is 16.3 Å². The lowest BCUT2D eigenvalue weighted by atomic mass is 10.2.